The third-order valence-electron chi connectivity index (χ3n) is 3.60. The molecule has 1 aliphatic carbocycles. The lowest BCUT2D eigenvalue weighted by atomic mass is 9.94. The molecular formula is C15H22O3. The average Bonchev–Trinajstić information content (AvgIpc) is 2.38. The van der Waals surface area contributed by atoms with Gasteiger partial charge < -0.3 is 14.9 Å². The lowest BCUT2D eigenvalue weighted by Crippen LogP contribution is -2.34. The Kier molecular flexibility index (Phi) is 4.38. The van der Waals surface area contributed by atoms with Crippen molar-refractivity contribution in [1.82, 2.24) is 0 Å². The summed E-state index contributed by atoms with van der Waals surface area (Å²) in [7, 11) is 0. The van der Waals surface area contributed by atoms with Gasteiger partial charge in [0.15, 0.2) is 5.79 Å². The van der Waals surface area contributed by atoms with E-state index < -0.39 is 11.9 Å². The van der Waals surface area contributed by atoms with Gasteiger partial charge in [0.2, 0.25) is 0 Å². The molecule has 100 valence electrons. The molecule has 1 aromatic rings. The van der Waals surface area contributed by atoms with E-state index in [1.54, 1.807) is 6.92 Å². The van der Waals surface area contributed by atoms with Gasteiger partial charge in [-0.25, -0.2) is 0 Å². The molecule has 2 rings (SSSR count). The average molecular weight is 250 g/mol. The van der Waals surface area contributed by atoms with Crippen molar-refractivity contribution in [3.63, 3.8) is 0 Å². The van der Waals surface area contributed by atoms with E-state index in [-0.39, 0.29) is 0 Å². The summed E-state index contributed by atoms with van der Waals surface area (Å²) in [6, 6.07) is 7.67. The minimum Gasteiger partial charge on any atom is -0.389 e. The van der Waals surface area contributed by atoms with Crippen LogP contribution in [0, 0.1) is 0 Å². The third kappa shape index (κ3) is 3.55. The SMILES string of the molecule is CC(O)c1ccc(COC2(O)CCCCC2)cc1. The summed E-state index contributed by atoms with van der Waals surface area (Å²) in [5.41, 5.74) is 1.92. The summed E-state index contributed by atoms with van der Waals surface area (Å²) in [6.07, 6.45) is 4.30. The zero-order valence-electron chi connectivity index (χ0n) is 10.9. The molecule has 1 fully saturated rings. The highest BCUT2D eigenvalue weighted by Crippen LogP contribution is 2.29. The molecule has 1 aliphatic rings. The van der Waals surface area contributed by atoms with Crippen LogP contribution in [0.15, 0.2) is 24.3 Å². The van der Waals surface area contributed by atoms with Crippen molar-refractivity contribution in [2.24, 2.45) is 0 Å². The van der Waals surface area contributed by atoms with Crippen LogP contribution < -0.4 is 0 Å². The van der Waals surface area contributed by atoms with Crippen molar-refractivity contribution < 1.29 is 14.9 Å². The quantitative estimate of drug-likeness (QED) is 0.808. The molecule has 1 unspecified atom stereocenters. The van der Waals surface area contributed by atoms with Gasteiger partial charge in [-0.1, -0.05) is 30.7 Å². The van der Waals surface area contributed by atoms with Crippen LogP contribution in [0.25, 0.3) is 0 Å². The molecule has 1 aromatic carbocycles. The first-order valence-corrected chi connectivity index (χ1v) is 6.72. The Hall–Kier alpha value is -0.900. The number of hydrogen-bond acceptors (Lipinski definition) is 3. The predicted octanol–water partition coefficient (Wildman–Crippen LogP) is 2.91. The maximum atomic E-state index is 10.2. The zero-order valence-corrected chi connectivity index (χ0v) is 10.9. The first-order chi connectivity index (χ1) is 8.59. The number of ether oxygens (including phenoxy) is 1. The lowest BCUT2D eigenvalue weighted by Gasteiger charge is -2.31. The van der Waals surface area contributed by atoms with E-state index in [9.17, 15) is 10.2 Å². The zero-order chi connectivity index (χ0) is 13.0. The second-order valence-electron chi connectivity index (χ2n) is 5.21. The molecule has 0 saturated heterocycles. The number of hydrogen-bond donors (Lipinski definition) is 2. The molecular weight excluding hydrogens is 228 g/mol. The fraction of sp³-hybridized carbons (Fsp3) is 0.600. The second-order valence-corrected chi connectivity index (χ2v) is 5.21. The van der Waals surface area contributed by atoms with Crippen molar-refractivity contribution in [3.05, 3.63) is 35.4 Å². The van der Waals surface area contributed by atoms with E-state index in [1.807, 2.05) is 24.3 Å². The van der Waals surface area contributed by atoms with E-state index >= 15 is 0 Å². The normalized spacial score (nSPS) is 20.6. The smallest absolute Gasteiger partial charge is 0.165 e. The summed E-state index contributed by atoms with van der Waals surface area (Å²) in [4.78, 5) is 0. The van der Waals surface area contributed by atoms with Crippen molar-refractivity contribution in [1.29, 1.82) is 0 Å². The van der Waals surface area contributed by atoms with Gasteiger partial charge in [-0.2, -0.15) is 0 Å². The van der Waals surface area contributed by atoms with Crippen LogP contribution in [0.2, 0.25) is 0 Å². The molecule has 0 radical (unpaired) electrons. The fourth-order valence-corrected chi connectivity index (χ4v) is 2.36. The maximum Gasteiger partial charge on any atom is 0.165 e. The second kappa shape index (κ2) is 5.83. The molecule has 0 spiro atoms. The van der Waals surface area contributed by atoms with Crippen molar-refractivity contribution in [2.45, 2.75) is 57.5 Å². The van der Waals surface area contributed by atoms with Crippen LogP contribution in [0.1, 0.15) is 56.3 Å². The van der Waals surface area contributed by atoms with Crippen LogP contribution in [0.5, 0.6) is 0 Å². The summed E-state index contributed by atoms with van der Waals surface area (Å²) in [6.45, 7) is 2.17. The maximum absolute atomic E-state index is 10.2. The summed E-state index contributed by atoms with van der Waals surface area (Å²) >= 11 is 0. The van der Waals surface area contributed by atoms with Crippen molar-refractivity contribution >= 4 is 0 Å². The highest BCUT2D eigenvalue weighted by molar-refractivity contribution is 5.23. The largest absolute Gasteiger partial charge is 0.389 e. The Labute approximate surface area is 108 Å². The fourth-order valence-electron chi connectivity index (χ4n) is 2.36. The monoisotopic (exact) mass is 250 g/mol. The van der Waals surface area contributed by atoms with Crippen molar-refractivity contribution in [2.75, 3.05) is 0 Å². The van der Waals surface area contributed by atoms with Gasteiger partial charge in [0.25, 0.3) is 0 Å². The molecule has 0 bridgehead atoms. The first kappa shape index (κ1) is 13.5. The molecule has 0 aliphatic heterocycles. The predicted molar refractivity (Wildman–Crippen MR) is 69.9 cm³/mol. The van der Waals surface area contributed by atoms with E-state index in [0.717, 1.165) is 36.8 Å². The molecule has 18 heavy (non-hydrogen) atoms. The lowest BCUT2D eigenvalue weighted by molar-refractivity contribution is -0.227. The Bertz CT molecular complexity index is 364. The van der Waals surface area contributed by atoms with E-state index in [4.69, 9.17) is 4.74 Å². The molecule has 0 aromatic heterocycles. The standard InChI is InChI=1S/C15H22O3/c1-12(16)14-7-5-13(6-8-14)11-18-15(17)9-3-2-4-10-15/h5-8,12,16-17H,2-4,9-11H2,1H3. The molecule has 3 heteroatoms. The molecule has 3 nitrogen and oxygen atoms in total. The molecule has 0 amide bonds. The number of aliphatic hydroxyl groups excluding tert-OH is 1. The van der Waals surface area contributed by atoms with Crippen LogP contribution in [-0.2, 0) is 11.3 Å². The van der Waals surface area contributed by atoms with Gasteiger partial charge in [0.1, 0.15) is 0 Å². The topological polar surface area (TPSA) is 49.7 Å². The van der Waals surface area contributed by atoms with Gasteiger partial charge in [-0.15, -0.1) is 0 Å². The Morgan fingerprint density at radius 3 is 2.33 bits per heavy atom. The minimum absolute atomic E-state index is 0.427. The third-order valence-corrected chi connectivity index (χ3v) is 3.60. The van der Waals surface area contributed by atoms with E-state index in [1.165, 1.54) is 6.42 Å². The van der Waals surface area contributed by atoms with Crippen LogP contribution in [0.3, 0.4) is 0 Å². The van der Waals surface area contributed by atoms with E-state index in [0.29, 0.717) is 6.61 Å². The Balaban J connectivity index is 1.89. The molecule has 0 heterocycles. The highest BCUT2D eigenvalue weighted by Gasteiger charge is 2.29. The number of rotatable bonds is 4. The summed E-state index contributed by atoms with van der Waals surface area (Å²) in [5, 5.41) is 19.6. The first-order valence-electron chi connectivity index (χ1n) is 6.72. The van der Waals surface area contributed by atoms with Gasteiger partial charge in [0.05, 0.1) is 12.7 Å². The molecule has 1 saturated carbocycles. The summed E-state index contributed by atoms with van der Waals surface area (Å²) in [5.74, 6) is -0.929. The Morgan fingerprint density at radius 2 is 1.78 bits per heavy atom. The molecule has 1 atom stereocenters. The minimum atomic E-state index is -0.929. The van der Waals surface area contributed by atoms with E-state index in [2.05, 4.69) is 0 Å². The van der Waals surface area contributed by atoms with Crippen LogP contribution >= 0.6 is 0 Å². The molecule has 2 N–H and O–H groups in total. The van der Waals surface area contributed by atoms with Gasteiger partial charge in [-0.3, -0.25) is 0 Å². The van der Waals surface area contributed by atoms with Crippen LogP contribution in [-0.4, -0.2) is 16.0 Å². The van der Waals surface area contributed by atoms with Crippen molar-refractivity contribution in [3.8, 4) is 0 Å². The van der Waals surface area contributed by atoms with Gasteiger partial charge in [0, 0.05) is 12.8 Å². The van der Waals surface area contributed by atoms with Crippen LogP contribution in [0.4, 0.5) is 0 Å². The summed E-state index contributed by atoms with van der Waals surface area (Å²) < 4.78 is 5.65. The van der Waals surface area contributed by atoms with Gasteiger partial charge >= 0.3 is 0 Å². The Morgan fingerprint density at radius 1 is 1.17 bits per heavy atom. The number of aliphatic hydroxyl groups is 2. The highest BCUT2D eigenvalue weighted by atomic mass is 16.6. The number of benzene rings is 1. The van der Waals surface area contributed by atoms with Gasteiger partial charge in [-0.05, 0) is 30.9 Å².